The number of carbonyl (C=O) groups excluding carboxylic acids is 1. The van der Waals surface area contributed by atoms with Crippen LogP contribution in [0.1, 0.15) is 131 Å². The number of hydrogen-bond donors (Lipinski definition) is 0. The van der Waals surface area contributed by atoms with E-state index in [-0.39, 0.29) is 44.9 Å². The van der Waals surface area contributed by atoms with Crippen LogP contribution in [0.5, 0.6) is 11.5 Å². The summed E-state index contributed by atoms with van der Waals surface area (Å²) in [5, 5.41) is -1.28. The summed E-state index contributed by atoms with van der Waals surface area (Å²) in [6.07, 6.45) is 14.6. The molecule has 1 unspecified atom stereocenters. The van der Waals surface area contributed by atoms with E-state index >= 15 is 0 Å². The summed E-state index contributed by atoms with van der Waals surface area (Å²) in [6.45, 7) is 19.8. The molecule has 0 spiro atoms. The third-order valence-electron chi connectivity index (χ3n) is 8.69. The predicted molar refractivity (Wildman–Crippen MR) is 204 cm³/mol. The minimum Gasteiger partial charge on any atom is -0.487 e. The molecule has 0 amide bonds. The lowest BCUT2D eigenvalue weighted by Gasteiger charge is -2.37. The quantitative estimate of drug-likeness (QED) is 0.0469. The Morgan fingerprint density at radius 3 is 1.86 bits per heavy atom. The van der Waals surface area contributed by atoms with Gasteiger partial charge in [-0.05, 0) is 150 Å². The molecule has 1 heterocycles. The molecule has 0 aromatic heterocycles. The van der Waals surface area contributed by atoms with Gasteiger partial charge in [0.05, 0.1) is 26.4 Å². The third kappa shape index (κ3) is 14.2. The van der Waals surface area contributed by atoms with E-state index in [0.717, 1.165) is 68.2 Å². The van der Waals surface area contributed by atoms with Crippen molar-refractivity contribution in [2.24, 2.45) is 0 Å². The van der Waals surface area contributed by atoms with Crippen molar-refractivity contribution in [3.05, 3.63) is 58.2 Å². The van der Waals surface area contributed by atoms with Gasteiger partial charge in [0, 0.05) is 6.42 Å². The molecule has 0 bridgehead atoms. The van der Waals surface area contributed by atoms with Crippen molar-refractivity contribution in [3.63, 3.8) is 0 Å². The van der Waals surface area contributed by atoms with E-state index in [4.69, 9.17) is 27.6 Å². The third-order valence-corrected chi connectivity index (χ3v) is 14.8. The fourth-order valence-electron chi connectivity index (χ4n) is 6.09. The summed E-state index contributed by atoms with van der Waals surface area (Å²) in [4.78, 5) is 13.1. The smallest absolute Gasteiger partial charge is 0.345 e. The summed E-state index contributed by atoms with van der Waals surface area (Å²) in [6, 6.07) is 3.66. The number of ether oxygens (including phenoxy) is 2. The monoisotopic (exact) mass is 738 g/mol. The molecule has 0 radical (unpaired) electrons. The van der Waals surface area contributed by atoms with Gasteiger partial charge in [0.2, 0.25) is 0 Å². The molecule has 1 aliphatic rings. The van der Waals surface area contributed by atoms with Gasteiger partial charge in [-0.1, -0.05) is 34.9 Å². The van der Waals surface area contributed by atoms with Gasteiger partial charge >= 0.3 is 21.2 Å². The highest BCUT2D eigenvalue weighted by Crippen LogP contribution is 2.71. The second-order valence-electron chi connectivity index (χ2n) is 13.5. The van der Waals surface area contributed by atoms with Gasteiger partial charge < -0.3 is 27.6 Å². The molecule has 0 aliphatic carbocycles. The van der Waals surface area contributed by atoms with Crippen LogP contribution < -0.4 is 9.47 Å². The molecule has 1 aromatic carbocycles. The highest BCUT2D eigenvalue weighted by molar-refractivity contribution is 7.72. The van der Waals surface area contributed by atoms with Crippen molar-refractivity contribution < 1.29 is 41.5 Å². The number of fused-ring (bicyclic) bond motifs is 1. The minimum absolute atomic E-state index is 0.0669. The van der Waals surface area contributed by atoms with Gasteiger partial charge in [-0.3, -0.25) is 13.9 Å². The van der Waals surface area contributed by atoms with Crippen LogP contribution in [0.4, 0.5) is 0 Å². The molecular formula is C39H64O9P2. The maximum atomic E-state index is 13.8. The fraction of sp³-hybridized carbons (Fsp3) is 0.667. The molecule has 0 N–H and O–H groups in total. The number of hydrogen-bond acceptors (Lipinski definition) is 9. The maximum absolute atomic E-state index is 13.8. The van der Waals surface area contributed by atoms with Crippen LogP contribution >= 0.6 is 15.2 Å². The normalized spacial score (nSPS) is 17.0. The Hall–Kier alpha value is -1.99. The van der Waals surface area contributed by atoms with E-state index in [1.807, 2.05) is 13.0 Å². The minimum atomic E-state index is -3.96. The Balaban J connectivity index is 2.04. The van der Waals surface area contributed by atoms with Crippen molar-refractivity contribution in [1.29, 1.82) is 0 Å². The lowest BCUT2D eigenvalue weighted by Crippen LogP contribution is -2.36. The van der Waals surface area contributed by atoms with E-state index in [2.05, 4.69) is 52.8 Å². The summed E-state index contributed by atoms with van der Waals surface area (Å²) >= 11 is 0. The fourth-order valence-corrected chi connectivity index (χ4v) is 11.4. The molecule has 1 atom stereocenters. The standard InChI is InChI=1S/C39H64O9P2/c1-11-43-49(41,44-12-2)37(50(42,45-13-3)46-14-4)24-23-36(40)47-35-28-33(9)38-34(29-35)25-27-39(10,48-38)26-17-22-32(8)21-16-20-31(7)19-15-18-30(5)6/h18,20,22,28-29,37H,11-17,19,21,23-27H2,1-10H3/b31-20+,32-22+. The first kappa shape index (κ1) is 44.2. The van der Waals surface area contributed by atoms with E-state index in [1.165, 1.54) is 16.7 Å². The molecule has 0 fully saturated rings. The summed E-state index contributed by atoms with van der Waals surface area (Å²) < 4.78 is 62.0. The van der Waals surface area contributed by atoms with E-state index in [0.29, 0.717) is 5.75 Å². The molecule has 0 saturated carbocycles. The number of allylic oxidation sites excluding steroid dienone is 6. The Morgan fingerprint density at radius 2 is 1.34 bits per heavy atom. The average molecular weight is 739 g/mol. The summed E-state index contributed by atoms with van der Waals surface area (Å²) in [7, 11) is -7.92. The molecule has 1 aliphatic heterocycles. The van der Waals surface area contributed by atoms with E-state index in [1.54, 1.807) is 33.8 Å². The van der Waals surface area contributed by atoms with E-state index in [9.17, 15) is 13.9 Å². The SMILES string of the molecule is CCOP(=O)(OCC)C(CCC(=O)Oc1cc(C)c2c(c1)CCC(C)(CC/C=C(\C)CC/C=C(\C)CCC=C(C)C)O2)P(=O)(OCC)OCC. The zero-order valence-corrected chi connectivity index (χ0v) is 34.2. The van der Waals surface area contributed by atoms with Crippen LogP contribution in [-0.2, 0) is 38.4 Å². The van der Waals surface area contributed by atoms with Crippen LogP contribution in [0.3, 0.4) is 0 Å². The van der Waals surface area contributed by atoms with E-state index < -0.39 is 26.6 Å². The van der Waals surface area contributed by atoms with Crippen LogP contribution in [-0.4, -0.2) is 43.4 Å². The average Bonchev–Trinajstić information content (AvgIpc) is 3.02. The van der Waals surface area contributed by atoms with Gasteiger partial charge in [-0.25, -0.2) is 0 Å². The number of rotatable bonds is 23. The molecule has 284 valence electrons. The Labute approximate surface area is 302 Å². The van der Waals surface area contributed by atoms with Gasteiger partial charge in [0.25, 0.3) is 0 Å². The zero-order valence-electron chi connectivity index (χ0n) is 32.4. The number of benzene rings is 1. The number of carbonyl (C=O) groups is 1. The zero-order chi connectivity index (χ0) is 37.4. The molecule has 11 heteroatoms. The van der Waals surface area contributed by atoms with Gasteiger partial charge in [0.15, 0.2) is 5.40 Å². The van der Waals surface area contributed by atoms with Crippen molar-refractivity contribution in [3.8, 4) is 11.5 Å². The summed E-state index contributed by atoms with van der Waals surface area (Å²) in [5.41, 5.74) is 5.84. The largest absolute Gasteiger partial charge is 0.487 e. The number of esters is 1. The molecule has 9 nitrogen and oxygen atoms in total. The van der Waals surface area contributed by atoms with Crippen LogP contribution in [0.15, 0.2) is 47.1 Å². The molecular weight excluding hydrogens is 674 g/mol. The van der Waals surface area contributed by atoms with Crippen molar-refractivity contribution in [2.75, 3.05) is 26.4 Å². The topological polar surface area (TPSA) is 107 Å². The van der Waals surface area contributed by atoms with Crippen LogP contribution in [0, 0.1) is 6.92 Å². The Morgan fingerprint density at radius 1 is 0.820 bits per heavy atom. The highest BCUT2D eigenvalue weighted by Gasteiger charge is 2.50. The number of aryl methyl sites for hydroxylation is 2. The van der Waals surface area contributed by atoms with Crippen LogP contribution in [0.2, 0.25) is 0 Å². The van der Waals surface area contributed by atoms with Gasteiger partial charge in [0.1, 0.15) is 17.1 Å². The molecule has 50 heavy (non-hydrogen) atoms. The highest BCUT2D eigenvalue weighted by atomic mass is 31.2. The van der Waals surface area contributed by atoms with Crippen LogP contribution in [0.25, 0.3) is 0 Å². The molecule has 2 rings (SSSR count). The Bertz CT molecular complexity index is 1380. The Kier molecular flexibility index (Phi) is 19.0. The van der Waals surface area contributed by atoms with Crippen molar-refractivity contribution >= 4 is 21.2 Å². The van der Waals surface area contributed by atoms with Gasteiger partial charge in [-0.15, -0.1) is 0 Å². The predicted octanol–water partition coefficient (Wildman–Crippen LogP) is 11.8. The molecule has 1 aromatic rings. The van der Waals surface area contributed by atoms with Crippen molar-refractivity contribution in [1.82, 2.24) is 0 Å². The maximum Gasteiger partial charge on any atom is 0.345 e. The second-order valence-corrected chi connectivity index (χ2v) is 18.4. The lowest BCUT2D eigenvalue weighted by atomic mass is 9.87. The molecule has 0 saturated heterocycles. The summed E-state index contributed by atoms with van der Waals surface area (Å²) in [5.74, 6) is 0.689. The first-order valence-corrected chi connectivity index (χ1v) is 21.6. The first-order valence-electron chi connectivity index (χ1n) is 18.4. The van der Waals surface area contributed by atoms with Gasteiger partial charge in [-0.2, -0.15) is 0 Å². The first-order chi connectivity index (χ1) is 23.6. The lowest BCUT2D eigenvalue weighted by molar-refractivity contribution is -0.134. The van der Waals surface area contributed by atoms with Crippen molar-refractivity contribution in [2.45, 2.75) is 144 Å². The second kappa shape index (κ2) is 21.5.